The van der Waals surface area contributed by atoms with Crippen LogP contribution in [-0.4, -0.2) is 31.7 Å². The largest absolute Gasteiger partial charge is 0.497 e. The molecule has 0 unspecified atom stereocenters. The summed E-state index contributed by atoms with van der Waals surface area (Å²) in [5.41, 5.74) is 2.74. The van der Waals surface area contributed by atoms with Gasteiger partial charge in [-0.2, -0.15) is 5.10 Å². The number of nitrogens with one attached hydrogen (secondary N) is 2. The molecule has 1 heterocycles. The fourth-order valence-corrected chi connectivity index (χ4v) is 1.74. The number of hydrogen-bond donors (Lipinski definition) is 2. The molecule has 0 aliphatic rings. The average Bonchev–Trinajstić information content (AvgIpc) is 2.98. The van der Waals surface area contributed by atoms with Crippen LogP contribution < -0.4 is 15.5 Å². The molecule has 0 spiro atoms. The molecular formula is C16H17N3O4. The number of hydrogen-bond acceptors (Lipinski definition) is 5. The van der Waals surface area contributed by atoms with Crippen LogP contribution in [0.2, 0.25) is 0 Å². The van der Waals surface area contributed by atoms with Crippen LogP contribution in [0.3, 0.4) is 0 Å². The number of nitrogens with zero attached hydrogens (tertiary/aromatic N) is 1. The van der Waals surface area contributed by atoms with Crippen molar-refractivity contribution in [3.63, 3.8) is 0 Å². The van der Waals surface area contributed by atoms with E-state index in [9.17, 15) is 9.59 Å². The van der Waals surface area contributed by atoms with Gasteiger partial charge in [0.05, 0.1) is 19.9 Å². The summed E-state index contributed by atoms with van der Waals surface area (Å²) < 4.78 is 10.3. The van der Waals surface area contributed by atoms with Gasteiger partial charge in [0.15, 0.2) is 0 Å². The molecule has 0 saturated heterocycles. The van der Waals surface area contributed by atoms with Crippen LogP contribution in [0.25, 0.3) is 0 Å². The van der Waals surface area contributed by atoms with Crippen molar-refractivity contribution in [3.8, 4) is 5.75 Å². The molecule has 7 nitrogen and oxygen atoms in total. The zero-order chi connectivity index (χ0) is 16.7. The number of furan rings is 1. The lowest BCUT2D eigenvalue weighted by molar-refractivity contribution is -0.120. The summed E-state index contributed by atoms with van der Waals surface area (Å²) in [6, 6.07) is 10.1. The minimum atomic E-state index is -0.439. The third-order valence-corrected chi connectivity index (χ3v) is 2.90. The highest BCUT2D eigenvalue weighted by atomic mass is 16.5. The van der Waals surface area contributed by atoms with Crippen molar-refractivity contribution >= 4 is 18.0 Å². The Kier molecular flexibility index (Phi) is 5.51. The molecule has 1 aromatic heterocycles. The van der Waals surface area contributed by atoms with Crippen LogP contribution in [0.1, 0.15) is 21.9 Å². The second-order valence-corrected chi connectivity index (χ2v) is 4.65. The number of amides is 2. The van der Waals surface area contributed by atoms with Crippen molar-refractivity contribution in [2.24, 2.45) is 5.10 Å². The lowest BCUT2D eigenvalue weighted by Crippen LogP contribution is -2.34. The summed E-state index contributed by atoms with van der Waals surface area (Å²) in [7, 11) is 1.55. The quantitative estimate of drug-likeness (QED) is 0.624. The maximum atomic E-state index is 11.9. The highest BCUT2D eigenvalue weighted by Gasteiger charge is 2.07. The fourth-order valence-electron chi connectivity index (χ4n) is 1.74. The second kappa shape index (κ2) is 7.79. The van der Waals surface area contributed by atoms with Gasteiger partial charge in [0.2, 0.25) is 0 Å². The Morgan fingerprint density at radius 3 is 2.57 bits per heavy atom. The van der Waals surface area contributed by atoms with Gasteiger partial charge in [-0.05, 0) is 43.3 Å². The van der Waals surface area contributed by atoms with E-state index in [0.717, 1.165) is 5.76 Å². The Hall–Kier alpha value is -3.09. The summed E-state index contributed by atoms with van der Waals surface area (Å²) in [5.74, 6) is 1.15. The maximum absolute atomic E-state index is 11.9. The first-order valence-corrected chi connectivity index (χ1v) is 6.89. The first kappa shape index (κ1) is 16.3. The molecule has 0 aliphatic carbocycles. The summed E-state index contributed by atoms with van der Waals surface area (Å²) >= 11 is 0. The van der Waals surface area contributed by atoms with E-state index in [4.69, 9.17) is 9.15 Å². The Morgan fingerprint density at radius 1 is 1.22 bits per heavy atom. The lowest BCUT2D eigenvalue weighted by atomic mass is 10.2. The molecular weight excluding hydrogens is 298 g/mol. The van der Waals surface area contributed by atoms with Crippen molar-refractivity contribution < 1.29 is 18.7 Å². The van der Waals surface area contributed by atoms with Crippen molar-refractivity contribution in [2.45, 2.75) is 6.92 Å². The van der Waals surface area contributed by atoms with Gasteiger partial charge in [-0.15, -0.1) is 0 Å². The van der Waals surface area contributed by atoms with Crippen LogP contribution in [0.5, 0.6) is 5.75 Å². The third-order valence-electron chi connectivity index (χ3n) is 2.90. The van der Waals surface area contributed by atoms with Crippen molar-refractivity contribution in [2.75, 3.05) is 13.7 Å². The molecule has 7 heteroatoms. The highest BCUT2D eigenvalue weighted by Crippen LogP contribution is 2.10. The topological polar surface area (TPSA) is 92.9 Å². The molecule has 2 N–H and O–H groups in total. The van der Waals surface area contributed by atoms with E-state index in [1.165, 1.54) is 6.21 Å². The van der Waals surface area contributed by atoms with E-state index in [0.29, 0.717) is 17.1 Å². The van der Waals surface area contributed by atoms with Crippen LogP contribution in [0.15, 0.2) is 45.9 Å². The standard InChI is InChI=1S/C16H17N3O4/c1-11-3-6-14(23-11)9-18-19-15(20)10-17-16(21)12-4-7-13(22-2)8-5-12/h3-9H,10H2,1-2H3,(H,17,21)(H,19,20)/b18-9+. The molecule has 0 radical (unpaired) electrons. The lowest BCUT2D eigenvalue weighted by Gasteiger charge is -2.05. The van der Waals surface area contributed by atoms with Crippen LogP contribution in [-0.2, 0) is 4.79 Å². The predicted molar refractivity (Wildman–Crippen MR) is 84.5 cm³/mol. The van der Waals surface area contributed by atoms with E-state index in [1.807, 2.05) is 6.92 Å². The number of hydrazone groups is 1. The molecule has 2 aromatic rings. The average molecular weight is 315 g/mol. The van der Waals surface area contributed by atoms with Gasteiger partial charge < -0.3 is 14.5 Å². The van der Waals surface area contributed by atoms with Gasteiger partial charge in [-0.3, -0.25) is 9.59 Å². The highest BCUT2D eigenvalue weighted by molar-refractivity contribution is 5.96. The molecule has 23 heavy (non-hydrogen) atoms. The number of aryl methyl sites for hydroxylation is 1. The van der Waals surface area contributed by atoms with E-state index in [1.54, 1.807) is 43.5 Å². The fraction of sp³-hybridized carbons (Fsp3) is 0.188. The van der Waals surface area contributed by atoms with Gasteiger partial charge >= 0.3 is 0 Å². The monoisotopic (exact) mass is 315 g/mol. The molecule has 0 bridgehead atoms. The van der Waals surface area contributed by atoms with Gasteiger partial charge in [0.25, 0.3) is 11.8 Å². The molecule has 2 amide bonds. The maximum Gasteiger partial charge on any atom is 0.259 e. The Bertz CT molecular complexity index is 704. The first-order valence-electron chi connectivity index (χ1n) is 6.89. The molecule has 0 aliphatic heterocycles. The summed E-state index contributed by atoms with van der Waals surface area (Å²) in [5, 5.41) is 6.24. The van der Waals surface area contributed by atoms with Crippen LogP contribution in [0, 0.1) is 6.92 Å². The van der Waals surface area contributed by atoms with E-state index < -0.39 is 5.91 Å². The number of ether oxygens (including phenoxy) is 1. The zero-order valence-corrected chi connectivity index (χ0v) is 12.8. The molecule has 2 rings (SSSR count). The van der Waals surface area contributed by atoms with Crippen LogP contribution >= 0.6 is 0 Å². The van der Waals surface area contributed by atoms with Crippen molar-refractivity contribution in [1.29, 1.82) is 0 Å². The SMILES string of the molecule is COc1ccc(C(=O)NCC(=O)N/N=C/c2ccc(C)o2)cc1. The molecule has 0 fully saturated rings. The van der Waals surface area contributed by atoms with E-state index in [-0.39, 0.29) is 12.5 Å². The third kappa shape index (κ3) is 4.99. The minimum absolute atomic E-state index is 0.181. The first-order chi connectivity index (χ1) is 11.1. The Labute approximate surface area is 133 Å². The Balaban J connectivity index is 1.76. The minimum Gasteiger partial charge on any atom is -0.497 e. The number of carbonyl (C=O) groups is 2. The number of rotatable bonds is 6. The normalized spacial score (nSPS) is 10.5. The summed E-state index contributed by atoms with van der Waals surface area (Å²) in [6.07, 6.45) is 1.39. The molecule has 0 saturated carbocycles. The smallest absolute Gasteiger partial charge is 0.259 e. The van der Waals surface area contributed by atoms with E-state index >= 15 is 0 Å². The predicted octanol–water partition coefficient (Wildman–Crippen LogP) is 1.48. The Morgan fingerprint density at radius 2 is 1.96 bits per heavy atom. The van der Waals surface area contributed by atoms with Crippen molar-refractivity contribution in [1.82, 2.24) is 10.7 Å². The van der Waals surface area contributed by atoms with E-state index in [2.05, 4.69) is 15.8 Å². The summed E-state index contributed by atoms with van der Waals surface area (Å²) in [6.45, 7) is 1.63. The summed E-state index contributed by atoms with van der Waals surface area (Å²) in [4.78, 5) is 23.4. The number of methoxy groups -OCH3 is 1. The van der Waals surface area contributed by atoms with Gasteiger partial charge in [0, 0.05) is 5.56 Å². The van der Waals surface area contributed by atoms with Crippen molar-refractivity contribution in [3.05, 3.63) is 53.5 Å². The van der Waals surface area contributed by atoms with Gasteiger partial charge in [-0.25, -0.2) is 5.43 Å². The number of carbonyl (C=O) groups excluding carboxylic acids is 2. The number of benzene rings is 1. The van der Waals surface area contributed by atoms with Gasteiger partial charge in [-0.1, -0.05) is 0 Å². The van der Waals surface area contributed by atoms with Gasteiger partial charge in [0.1, 0.15) is 17.3 Å². The second-order valence-electron chi connectivity index (χ2n) is 4.65. The molecule has 0 atom stereocenters. The molecule has 120 valence electrons. The molecule has 1 aromatic carbocycles. The zero-order valence-electron chi connectivity index (χ0n) is 12.8. The van der Waals surface area contributed by atoms with Crippen LogP contribution in [0.4, 0.5) is 0 Å².